The monoisotopic (exact) mass is 370 g/mol. The van der Waals surface area contributed by atoms with E-state index in [1.807, 2.05) is 6.92 Å². The SMILES string of the molecule is Cc1noc(C2CCC(NC3CCCC3C3COCCN3)CC2)n1.Cl. The van der Waals surface area contributed by atoms with Crippen molar-refractivity contribution in [1.29, 1.82) is 0 Å². The van der Waals surface area contributed by atoms with Gasteiger partial charge < -0.3 is 19.9 Å². The molecule has 6 nitrogen and oxygen atoms in total. The van der Waals surface area contributed by atoms with Crippen molar-refractivity contribution in [3.8, 4) is 0 Å². The maximum atomic E-state index is 5.68. The predicted octanol–water partition coefficient (Wildman–Crippen LogP) is 2.57. The summed E-state index contributed by atoms with van der Waals surface area (Å²) in [5.74, 6) is 2.77. The molecule has 25 heavy (non-hydrogen) atoms. The Kier molecular flexibility index (Phi) is 6.72. The Hall–Kier alpha value is -0.690. The van der Waals surface area contributed by atoms with Crippen molar-refractivity contribution in [2.45, 2.75) is 75.9 Å². The van der Waals surface area contributed by atoms with Gasteiger partial charge in [0, 0.05) is 30.6 Å². The number of nitrogens with one attached hydrogen (secondary N) is 2. The lowest BCUT2D eigenvalue weighted by atomic mass is 9.84. The fraction of sp³-hybridized carbons (Fsp3) is 0.889. The molecule has 0 radical (unpaired) electrons. The summed E-state index contributed by atoms with van der Waals surface area (Å²) in [4.78, 5) is 4.42. The van der Waals surface area contributed by atoms with E-state index in [1.165, 1.54) is 32.1 Å². The third kappa shape index (κ3) is 4.54. The van der Waals surface area contributed by atoms with Gasteiger partial charge in [-0.3, -0.25) is 0 Å². The summed E-state index contributed by atoms with van der Waals surface area (Å²) in [6.45, 7) is 4.64. The number of hydrogen-bond acceptors (Lipinski definition) is 6. The van der Waals surface area contributed by atoms with Gasteiger partial charge in [-0.05, 0) is 51.4 Å². The van der Waals surface area contributed by atoms with Crippen molar-refractivity contribution in [2.24, 2.45) is 5.92 Å². The van der Waals surface area contributed by atoms with Crippen LogP contribution in [0.2, 0.25) is 0 Å². The van der Waals surface area contributed by atoms with Gasteiger partial charge in [0.05, 0.1) is 13.2 Å². The highest BCUT2D eigenvalue weighted by Crippen LogP contribution is 2.35. The zero-order valence-corrected chi connectivity index (χ0v) is 15.9. The molecule has 0 amide bonds. The predicted molar refractivity (Wildman–Crippen MR) is 98.2 cm³/mol. The summed E-state index contributed by atoms with van der Waals surface area (Å²) in [5, 5.41) is 11.6. The van der Waals surface area contributed by atoms with E-state index in [2.05, 4.69) is 20.8 Å². The molecule has 0 spiro atoms. The Balaban J connectivity index is 0.00000182. The Morgan fingerprint density at radius 3 is 2.64 bits per heavy atom. The standard InChI is InChI=1S/C18H30N4O2.ClH/c1-12-20-18(24-22-12)13-5-7-14(8-6-13)21-16-4-2-3-15(16)17-11-23-10-9-19-17;/h13-17,19,21H,2-11H2,1H3;1H. The van der Waals surface area contributed by atoms with Crippen LogP contribution < -0.4 is 10.6 Å². The minimum atomic E-state index is 0. The minimum Gasteiger partial charge on any atom is -0.379 e. The molecule has 7 heteroatoms. The van der Waals surface area contributed by atoms with Gasteiger partial charge in [0.1, 0.15) is 0 Å². The number of rotatable bonds is 4. The Labute approximate surface area is 156 Å². The molecule has 2 saturated carbocycles. The highest BCUT2D eigenvalue weighted by molar-refractivity contribution is 5.85. The van der Waals surface area contributed by atoms with Crippen LogP contribution in [0.15, 0.2) is 4.52 Å². The molecule has 1 saturated heterocycles. The lowest BCUT2D eigenvalue weighted by Crippen LogP contribution is -2.52. The molecular weight excluding hydrogens is 340 g/mol. The fourth-order valence-corrected chi connectivity index (χ4v) is 4.83. The van der Waals surface area contributed by atoms with E-state index >= 15 is 0 Å². The first kappa shape index (κ1) is 19.1. The van der Waals surface area contributed by atoms with Crippen LogP contribution in [0.5, 0.6) is 0 Å². The van der Waals surface area contributed by atoms with E-state index in [4.69, 9.17) is 9.26 Å². The Morgan fingerprint density at radius 2 is 1.96 bits per heavy atom. The van der Waals surface area contributed by atoms with Gasteiger partial charge in [-0.2, -0.15) is 4.98 Å². The van der Waals surface area contributed by atoms with Crippen LogP contribution in [-0.4, -0.2) is 48.0 Å². The zero-order chi connectivity index (χ0) is 16.4. The van der Waals surface area contributed by atoms with Crippen LogP contribution in [0.3, 0.4) is 0 Å². The van der Waals surface area contributed by atoms with Crippen LogP contribution in [0.1, 0.15) is 62.6 Å². The second-order valence-electron chi connectivity index (χ2n) is 7.73. The largest absolute Gasteiger partial charge is 0.379 e. The van der Waals surface area contributed by atoms with Gasteiger partial charge in [0.15, 0.2) is 5.82 Å². The van der Waals surface area contributed by atoms with E-state index in [0.717, 1.165) is 50.2 Å². The number of hydrogen-bond donors (Lipinski definition) is 2. The summed E-state index contributed by atoms with van der Waals surface area (Å²) in [5.41, 5.74) is 0. The average molecular weight is 371 g/mol. The molecule has 1 aliphatic heterocycles. The molecular formula is C18H31ClN4O2. The number of nitrogens with zero attached hydrogens (tertiary/aromatic N) is 2. The van der Waals surface area contributed by atoms with Crippen LogP contribution in [0.25, 0.3) is 0 Å². The molecule has 4 rings (SSSR count). The number of aromatic nitrogens is 2. The fourth-order valence-electron chi connectivity index (χ4n) is 4.83. The van der Waals surface area contributed by atoms with Crippen LogP contribution in [-0.2, 0) is 4.74 Å². The highest BCUT2D eigenvalue weighted by atomic mass is 35.5. The van der Waals surface area contributed by atoms with Gasteiger partial charge in [-0.1, -0.05) is 11.6 Å². The number of halogens is 1. The Morgan fingerprint density at radius 1 is 1.12 bits per heavy atom. The lowest BCUT2D eigenvalue weighted by molar-refractivity contribution is 0.0511. The normalized spacial score (nSPS) is 36.1. The minimum absolute atomic E-state index is 0. The van der Waals surface area contributed by atoms with Crippen molar-refractivity contribution in [3.05, 3.63) is 11.7 Å². The van der Waals surface area contributed by atoms with E-state index in [-0.39, 0.29) is 12.4 Å². The third-order valence-corrected chi connectivity index (χ3v) is 6.11. The first-order chi connectivity index (χ1) is 11.8. The second-order valence-corrected chi connectivity index (χ2v) is 7.73. The summed E-state index contributed by atoms with van der Waals surface area (Å²) >= 11 is 0. The summed E-state index contributed by atoms with van der Waals surface area (Å²) in [7, 11) is 0. The molecule has 2 N–H and O–H groups in total. The quantitative estimate of drug-likeness (QED) is 0.848. The van der Waals surface area contributed by atoms with Crippen LogP contribution in [0.4, 0.5) is 0 Å². The van der Waals surface area contributed by atoms with Crippen molar-refractivity contribution in [1.82, 2.24) is 20.8 Å². The first-order valence-corrected chi connectivity index (χ1v) is 9.67. The maximum Gasteiger partial charge on any atom is 0.229 e. The highest BCUT2D eigenvalue weighted by Gasteiger charge is 2.36. The van der Waals surface area contributed by atoms with E-state index in [0.29, 0.717) is 24.0 Å². The van der Waals surface area contributed by atoms with Gasteiger partial charge >= 0.3 is 0 Å². The van der Waals surface area contributed by atoms with E-state index in [1.54, 1.807) is 0 Å². The Bertz CT molecular complexity index is 527. The van der Waals surface area contributed by atoms with Crippen molar-refractivity contribution in [2.75, 3.05) is 19.8 Å². The summed E-state index contributed by atoms with van der Waals surface area (Å²) < 4.78 is 11.0. The molecule has 3 fully saturated rings. The van der Waals surface area contributed by atoms with Gasteiger partial charge in [0.2, 0.25) is 5.89 Å². The van der Waals surface area contributed by atoms with Crippen molar-refractivity contribution in [3.63, 3.8) is 0 Å². The van der Waals surface area contributed by atoms with Crippen LogP contribution in [0, 0.1) is 12.8 Å². The summed E-state index contributed by atoms with van der Waals surface area (Å²) in [6.07, 6.45) is 8.72. The average Bonchev–Trinajstić information content (AvgIpc) is 3.25. The molecule has 1 aromatic heterocycles. The van der Waals surface area contributed by atoms with Gasteiger partial charge in [0.25, 0.3) is 0 Å². The van der Waals surface area contributed by atoms with E-state index in [9.17, 15) is 0 Å². The number of morpholine rings is 1. The molecule has 3 aliphatic rings. The molecule has 1 aromatic rings. The molecule has 3 unspecified atom stereocenters. The van der Waals surface area contributed by atoms with Gasteiger partial charge in [-0.25, -0.2) is 0 Å². The smallest absolute Gasteiger partial charge is 0.229 e. The van der Waals surface area contributed by atoms with E-state index < -0.39 is 0 Å². The lowest BCUT2D eigenvalue weighted by Gasteiger charge is -2.36. The number of ether oxygens (including phenoxy) is 1. The second kappa shape index (κ2) is 8.80. The third-order valence-electron chi connectivity index (χ3n) is 6.11. The molecule has 0 aromatic carbocycles. The molecule has 2 heterocycles. The van der Waals surface area contributed by atoms with Crippen LogP contribution >= 0.6 is 12.4 Å². The topological polar surface area (TPSA) is 72.2 Å². The first-order valence-electron chi connectivity index (χ1n) is 9.67. The molecule has 2 aliphatic carbocycles. The molecule has 142 valence electrons. The maximum absolute atomic E-state index is 5.68. The van der Waals surface area contributed by atoms with Crippen molar-refractivity contribution < 1.29 is 9.26 Å². The van der Waals surface area contributed by atoms with Crippen molar-refractivity contribution >= 4 is 12.4 Å². The molecule has 0 bridgehead atoms. The zero-order valence-electron chi connectivity index (χ0n) is 15.1. The number of aryl methyl sites for hydroxylation is 1. The molecule has 3 atom stereocenters. The van der Waals surface area contributed by atoms with Gasteiger partial charge in [-0.15, -0.1) is 12.4 Å². The summed E-state index contributed by atoms with van der Waals surface area (Å²) in [6, 6.07) is 1.83.